The average molecular weight is 283 g/mol. The van der Waals surface area contributed by atoms with E-state index in [4.69, 9.17) is 5.73 Å². The molecule has 0 spiro atoms. The Morgan fingerprint density at radius 3 is 2.81 bits per heavy atom. The molecule has 5 heteroatoms. The lowest BCUT2D eigenvalue weighted by Gasteiger charge is -2.12. The molecule has 1 fully saturated rings. The van der Waals surface area contributed by atoms with Crippen LogP contribution in [0.2, 0.25) is 0 Å². The summed E-state index contributed by atoms with van der Waals surface area (Å²) in [4.78, 5) is 4.08. The summed E-state index contributed by atoms with van der Waals surface area (Å²) < 4.78 is 0. The fraction of sp³-hybridized carbons (Fsp3) is 0.438. The maximum atomic E-state index is 5.59. The number of nitrogens with two attached hydrogens (primary N) is 1. The third kappa shape index (κ3) is 3.76. The SMILES string of the molecule is Nc1ccc(-c2ccc(C[C@H]3CCCNCC3)nn2)cn1. The van der Waals surface area contributed by atoms with Gasteiger partial charge in [-0.1, -0.05) is 0 Å². The maximum Gasteiger partial charge on any atom is 0.123 e. The Balaban J connectivity index is 1.67. The number of nitrogen functional groups attached to an aromatic ring is 1. The van der Waals surface area contributed by atoms with Gasteiger partial charge >= 0.3 is 0 Å². The van der Waals surface area contributed by atoms with Crippen molar-refractivity contribution in [3.63, 3.8) is 0 Å². The van der Waals surface area contributed by atoms with Gasteiger partial charge in [0.2, 0.25) is 0 Å². The second-order valence-electron chi connectivity index (χ2n) is 5.63. The van der Waals surface area contributed by atoms with Crippen molar-refractivity contribution < 1.29 is 0 Å². The number of pyridine rings is 1. The first kappa shape index (κ1) is 13.9. The quantitative estimate of drug-likeness (QED) is 0.901. The van der Waals surface area contributed by atoms with Crippen LogP contribution in [0.4, 0.5) is 5.82 Å². The van der Waals surface area contributed by atoms with E-state index in [9.17, 15) is 0 Å². The molecule has 1 atom stereocenters. The van der Waals surface area contributed by atoms with Gasteiger partial charge < -0.3 is 11.1 Å². The van der Waals surface area contributed by atoms with Crippen LogP contribution in [-0.2, 0) is 6.42 Å². The van der Waals surface area contributed by atoms with E-state index in [-0.39, 0.29) is 0 Å². The van der Waals surface area contributed by atoms with Crippen LogP contribution in [0.1, 0.15) is 25.0 Å². The van der Waals surface area contributed by atoms with Crippen LogP contribution in [0.3, 0.4) is 0 Å². The molecule has 3 N–H and O–H groups in total. The summed E-state index contributed by atoms with van der Waals surface area (Å²) >= 11 is 0. The molecule has 0 amide bonds. The third-order valence-corrected chi connectivity index (χ3v) is 3.99. The minimum absolute atomic E-state index is 0.519. The molecule has 1 aliphatic rings. The van der Waals surface area contributed by atoms with E-state index in [0.29, 0.717) is 5.82 Å². The molecule has 3 heterocycles. The molecule has 2 aromatic heterocycles. The Bertz CT molecular complexity index is 556. The van der Waals surface area contributed by atoms with Crippen LogP contribution in [0.5, 0.6) is 0 Å². The number of aromatic nitrogens is 3. The molecule has 5 nitrogen and oxygen atoms in total. The van der Waals surface area contributed by atoms with Crippen LogP contribution >= 0.6 is 0 Å². The molecule has 0 saturated carbocycles. The first-order valence-corrected chi connectivity index (χ1v) is 7.56. The van der Waals surface area contributed by atoms with Crippen LogP contribution in [0.25, 0.3) is 11.3 Å². The van der Waals surface area contributed by atoms with E-state index in [0.717, 1.165) is 42.4 Å². The van der Waals surface area contributed by atoms with E-state index in [2.05, 4.69) is 26.6 Å². The molecule has 0 aromatic carbocycles. The zero-order chi connectivity index (χ0) is 14.5. The van der Waals surface area contributed by atoms with Crippen molar-refractivity contribution in [1.29, 1.82) is 0 Å². The van der Waals surface area contributed by atoms with Crippen LogP contribution in [0, 0.1) is 5.92 Å². The highest BCUT2D eigenvalue weighted by Crippen LogP contribution is 2.20. The van der Waals surface area contributed by atoms with Crippen molar-refractivity contribution in [2.45, 2.75) is 25.7 Å². The zero-order valence-electron chi connectivity index (χ0n) is 12.1. The predicted molar refractivity (Wildman–Crippen MR) is 83.6 cm³/mol. The van der Waals surface area contributed by atoms with Gasteiger partial charge in [-0.15, -0.1) is 0 Å². The third-order valence-electron chi connectivity index (χ3n) is 3.99. The summed E-state index contributed by atoms with van der Waals surface area (Å²) in [5, 5.41) is 12.1. The molecule has 0 bridgehead atoms. The zero-order valence-corrected chi connectivity index (χ0v) is 12.1. The van der Waals surface area contributed by atoms with E-state index in [1.54, 1.807) is 12.3 Å². The second kappa shape index (κ2) is 6.63. The number of hydrogen-bond donors (Lipinski definition) is 2. The van der Waals surface area contributed by atoms with Crippen LogP contribution in [-0.4, -0.2) is 28.3 Å². The van der Waals surface area contributed by atoms with Gasteiger partial charge in [-0.05, 0) is 69.0 Å². The Hall–Kier alpha value is -2.01. The predicted octanol–water partition coefficient (Wildman–Crippen LogP) is 2.05. The Kier molecular flexibility index (Phi) is 4.40. The van der Waals surface area contributed by atoms with Crippen molar-refractivity contribution in [1.82, 2.24) is 20.5 Å². The molecule has 3 rings (SSSR count). The lowest BCUT2D eigenvalue weighted by Crippen LogP contribution is -2.14. The smallest absolute Gasteiger partial charge is 0.123 e. The van der Waals surface area contributed by atoms with Crippen LogP contribution < -0.4 is 11.1 Å². The summed E-state index contributed by atoms with van der Waals surface area (Å²) in [6, 6.07) is 7.80. The van der Waals surface area contributed by atoms with Gasteiger partial charge in [-0.2, -0.15) is 10.2 Å². The summed E-state index contributed by atoms with van der Waals surface area (Å²) in [6.45, 7) is 2.26. The van der Waals surface area contributed by atoms with E-state index in [1.807, 2.05) is 12.1 Å². The molecule has 110 valence electrons. The van der Waals surface area contributed by atoms with Crippen molar-refractivity contribution >= 4 is 5.82 Å². The first-order chi connectivity index (χ1) is 10.3. The molecule has 21 heavy (non-hydrogen) atoms. The molecule has 0 unspecified atom stereocenters. The number of nitrogens with zero attached hydrogens (tertiary/aromatic N) is 3. The maximum absolute atomic E-state index is 5.59. The fourth-order valence-corrected chi connectivity index (χ4v) is 2.77. The highest BCUT2D eigenvalue weighted by molar-refractivity contribution is 5.58. The van der Waals surface area contributed by atoms with E-state index >= 15 is 0 Å². The molecular weight excluding hydrogens is 262 g/mol. The number of hydrogen-bond acceptors (Lipinski definition) is 5. The molecule has 1 aliphatic heterocycles. The summed E-state index contributed by atoms with van der Waals surface area (Å²) in [7, 11) is 0. The van der Waals surface area contributed by atoms with Gasteiger partial charge in [0, 0.05) is 11.8 Å². The van der Waals surface area contributed by atoms with Crippen molar-refractivity contribution in [2.24, 2.45) is 5.92 Å². The van der Waals surface area contributed by atoms with Crippen molar-refractivity contribution in [2.75, 3.05) is 18.8 Å². The van der Waals surface area contributed by atoms with Gasteiger partial charge in [-0.25, -0.2) is 4.98 Å². The van der Waals surface area contributed by atoms with Crippen LogP contribution in [0.15, 0.2) is 30.5 Å². The van der Waals surface area contributed by atoms with E-state index < -0.39 is 0 Å². The lowest BCUT2D eigenvalue weighted by atomic mass is 9.95. The standard InChI is InChI=1S/C16H21N5/c17-16-6-3-13(11-19-16)15-5-4-14(20-21-15)10-12-2-1-8-18-9-7-12/h3-6,11-12,18H,1-2,7-10H2,(H2,17,19)/t12-/m0/s1. The van der Waals surface area contributed by atoms with Gasteiger partial charge in [-0.3, -0.25) is 0 Å². The summed E-state index contributed by atoms with van der Waals surface area (Å²) in [5.74, 6) is 1.24. The molecule has 0 radical (unpaired) electrons. The Labute approximate surface area is 125 Å². The van der Waals surface area contributed by atoms with Gasteiger partial charge in [0.25, 0.3) is 0 Å². The number of nitrogens with one attached hydrogen (secondary N) is 1. The molecule has 0 aliphatic carbocycles. The first-order valence-electron chi connectivity index (χ1n) is 7.56. The molecular formula is C16H21N5. The Morgan fingerprint density at radius 2 is 2.05 bits per heavy atom. The fourth-order valence-electron chi connectivity index (χ4n) is 2.77. The monoisotopic (exact) mass is 283 g/mol. The minimum atomic E-state index is 0.519. The van der Waals surface area contributed by atoms with Crippen molar-refractivity contribution in [3.05, 3.63) is 36.2 Å². The van der Waals surface area contributed by atoms with Crippen molar-refractivity contribution in [3.8, 4) is 11.3 Å². The Morgan fingerprint density at radius 1 is 1.10 bits per heavy atom. The molecule has 1 saturated heterocycles. The second-order valence-corrected chi connectivity index (χ2v) is 5.63. The number of rotatable bonds is 3. The van der Waals surface area contributed by atoms with Gasteiger partial charge in [0.05, 0.1) is 11.4 Å². The largest absolute Gasteiger partial charge is 0.384 e. The normalized spacial score (nSPS) is 19.1. The molecule has 2 aromatic rings. The summed E-state index contributed by atoms with van der Waals surface area (Å²) in [6.07, 6.45) is 6.52. The summed E-state index contributed by atoms with van der Waals surface area (Å²) in [5.41, 5.74) is 8.46. The topological polar surface area (TPSA) is 76.7 Å². The minimum Gasteiger partial charge on any atom is -0.384 e. The highest BCUT2D eigenvalue weighted by Gasteiger charge is 2.13. The van der Waals surface area contributed by atoms with E-state index in [1.165, 1.54) is 19.3 Å². The highest BCUT2D eigenvalue weighted by atomic mass is 15.1. The lowest BCUT2D eigenvalue weighted by molar-refractivity contribution is 0.463. The number of anilines is 1. The average Bonchev–Trinajstić information content (AvgIpc) is 2.78. The van der Waals surface area contributed by atoms with Gasteiger partial charge in [0.1, 0.15) is 5.82 Å². The van der Waals surface area contributed by atoms with Gasteiger partial charge in [0.15, 0.2) is 0 Å².